The Kier molecular flexibility index (Phi) is 5.40. The Hall–Kier alpha value is -2.31. The van der Waals surface area contributed by atoms with Gasteiger partial charge in [-0.1, -0.05) is 11.6 Å². The van der Waals surface area contributed by atoms with Crippen LogP contribution in [0.4, 0.5) is 10.1 Å². The third kappa shape index (κ3) is 4.21. The average molecular weight is 364 g/mol. The molecule has 25 heavy (non-hydrogen) atoms. The number of ether oxygens (including phenoxy) is 1. The summed E-state index contributed by atoms with van der Waals surface area (Å²) < 4.78 is 19.2. The van der Waals surface area contributed by atoms with Crippen molar-refractivity contribution in [1.82, 2.24) is 5.43 Å². The average Bonchev–Trinajstić information content (AvgIpc) is 2.65. The van der Waals surface area contributed by atoms with Crippen molar-refractivity contribution >= 4 is 23.2 Å². The number of hydrogen-bond donors (Lipinski definition) is 2. The van der Waals surface area contributed by atoms with Crippen LogP contribution in [0, 0.1) is 5.82 Å². The number of hydrogen-bond acceptors (Lipinski definition) is 4. The van der Waals surface area contributed by atoms with Crippen molar-refractivity contribution < 1.29 is 13.9 Å². The van der Waals surface area contributed by atoms with E-state index in [4.69, 9.17) is 22.2 Å². The zero-order valence-corrected chi connectivity index (χ0v) is 14.3. The molecule has 1 fully saturated rings. The molecule has 5 nitrogen and oxygen atoms in total. The van der Waals surface area contributed by atoms with Crippen molar-refractivity contribution in [2.45, 2.75) is 18.9 Å². The van der Waals surface area contributed by atoms with Crippen LogP contribution in [0.2, 0.25) is 5.02 Å². The van der Waals surface area contributed by atoms with E-state index >= 15 is 0 Å². The molecular formula is C18H19ClFN3O2. The highest BCUT2D eigenvalue weighted by Crippen LogP contribution is 2.29. The molecular weight excluding hydrogens is 345 g/mol. The minimum atomic E-state index is -0.363. The molecule has 7 heteroatoms. The second kappa shape index (κ2) is 7.72. The van der Waals surface area contributed by atoms with Gasteiger partial charge in [0.15, 0.2) is 0 Å². The minimum absolute atomic E-state index is 0.00200. The lowest BCUT2D eigenvalue weighted by molar-refractivity contribution is 0.0953. The Morgan fingerprint density at radius 1 is 1.20 bits per heavy atom. The molecule has 0 radical (unpaired) electrons. The number of halogens is 2. The normalized spacial score (nSPS) is 15.1. The molecule has 3 N–H and O–H groups in total. The number of hydrazine groups is 1. The number of carbonyl (C=O) groups excluding carboxylic acids is 1. The van der Waals surface area contributed by atoms with Crippen LogP contribution in [0.15, 0.2) is 42.5 Å². The van der Waals surface area contributed by atoms with Gasteiger partial charge < -0.3 is 9.64 Å². The lowest BCUT2D eigenvalue weighted by atomic mass is 10.1. The van der Waals surface area contributed by atoms with Gasteiger partial charge in [-0.2, -0.15) is 0 Å². The number of benzene rings is 2. The SMILES string of the molecule is NNC(=O)c1ccc(N2CCC(Oc3cc(F)ccc3Cl)CC2)cc1. The van der Waals surface area contributed by atoms with Gasteiger partial charge in [0.05, 0.1) is 5.02 Å². The number of nitrogens with two attached hydrogens (primary N) is 1. The molecule has 2 aromatic carbocycles. The van der Waals surface area contributed by atoms with Crippen LogP contribution >= 0.6 is 11.6 Å². The van der Waals surface area contributed by atoms with Crippen LogP contribution in [-0.4, -0.2) is 25.1 Å². The largest absolute Gasteiger partial charge is 0.489 e. The maximum absolute atomic E-state index is 13.3. The van der Waals surface area contributed by atoms with Gasteiger partial charge in [0.1, 0.15) is 17.7 Å². The molecule has 1 aliphatic rings. The first-order chi connectivity index (χ1) is 12.1. The summed E-state index contributed by atoms with van der Waals surface area (Å²) in [7, 11) is 0. The molecule has 3 rings (SSSR count). The van der Waals surface area contributed by atoms with Gasteiger partial charge in [-0.05, 0) is 36.4 Å². The highest BCUT2D eigenvalue weighted by molar-refractivity contribution is 6.32. The first kappa shape index (κ1) is 17.5. The number of carbonyl (C=O) groups is 1. The molecule has 0 aliphatic carbocycles. The zero-order chi connectivity index (χ0) is 17.8. The van der Waals surface area contributed by atoms with Crippen LogP contribution in [0.1, 0.15) is 23.2 Å². The Bertz CT molecular complexity index is 746. The van der Waals surface area contributed by atoms with Crippen LogP contribution < -0.4 is 20.9 Å². The molecule has 0 saturated carbocycles. The fourth-order valence-electron chi connectivity index (χ4n) is 2.89. The topological polar surface area (TPSA) is 67.6 Å². The van der Waals surface area contributed by atoms with Crippen LogP contribution in [-0.2, 0) is 0 Å². The number of anilines is 1. The van der Waals surface area contributed by atoms with Crippen molar-refractivity contribution in [3.8, 4) is 5.75 Å². The fourth-order valence-corrected chi connectivity index (χ4v) is 3.05. The molecule has 132 valence electrons. The van der Waals surface area contributed by atoms with Gasteiger partial charge in [0.25, 0.3) is 5.91 Å². The highest BCUT2D eigenvalue weighted by Gasteiger charge is 2.22. The summed E-state index contributed by atoms with van der Waals surface area (Å²) in [5, 5.41) is 0.414. The number of rotatable bonds is 4. The molecule has 0 atom stereocenters. The number of nitrogen functional groups attached to an aromatic ring is 1. The first-order valence-corrected chi connectivity index (χ1v) is 8.42. The third-order valence-corrected chi connectivity index (χ3v) is 4.57. The van der Waals surface area contributed by atoms with E-state index in [1.54, 1.807) is 12.1 Å². The Balaban J connectivity index is 1.58. The molecule has 0 unspecified atom stereocenters. The van der Waals surface area contributed by atoms with E-state index in [9.17, 15) is 9.18 Å². The predicted molar refractivity (Wildman–Crippen MR) is 95.4 cm³/mol. The number of amides is 1. The van der Waals surface area contributed by atoms with E-state index in [-0.39, 0.29) is 17.8 Å². The Labute approximate surface area is 150 Å². The third-order valence-electron chi connectivity index (χ3n) is 4.25. The van der Waals surface area contributed by atoms with Crippen molar-refractivity contribution in [1.29, 1.82) is 0 Å². The smallest absolute Gasteiger partial charge is 0.265 e. The monoisotopic (exact) mass is 363 g/mol. The van der Waals surface area contributed by atoms with Gasteiger partial charge in [0.2, 0.25) is 0 Å². The maximum Gasteiger partial charge on any atom is 0.265 e. The minimum Gasteiger partial charge on any atom is -0.489 e. The fraction of sp³-hybridized carbons (Fsp3) is 0.278. The summed E-state index contributed by atoms with van der Waals surface area (Å²) in [5.41, 5.74) is 3.67. The standard InChI is InChI=1S/C18H19ClFN3O2/c19-16-6-3-13(20)11-17(16)25-15-7-9-23(10-8-15)14-4-1-12(2-5-14)18(24)22-21/h1-6,11,15H,7-10,21H2,(H,22,24). The summed E-state index contributed by atoms with van der Waals surface area (Å²) in [6.07, 6.45) is 1.60. The first-order valence-electron chi connectivity index (χ1n) is 8.04. The summed E-state index contributed by atoms with van der Waals surface area (Å²) in [6.45, 7) is 1.61. The second-order valence-electron chi connectivity index (χ2n) is 5.90. The highest BCUT2D eigenvalue weighted by atomic mass is 35.5. The van der Waals surface area contributed by atoms with E-state index in [0.717, 1.165) is 31.6 Å². The van der Waals surface area contributed by atoms with Gasteiger partial charge >= 0.3 is 0 Å². The second-order valence-corrected chi connectivity index (χ2v) is 6.31. The number of nitrogens with one attached hydrogen (secondary N) is 1. The quantitative estimate of drug-likeness (QED) is 0.497. The number of piperidine rings is 1. The van der Waals surface area contributed by atoms with Crippen LogP contribution in [0.5, 0.6) is 5.75 Å². The Morgan fingerprint density at radius 2 is 1.88 bits per heavy atom. The van der Waals surface area contributed by atoms with Crippen molar-refractivity contribution in [2.75, 3.05) is 18.0 Å². The van der Waals surface area contributed by atoms with E-state index in [2.05, 4.69) is 10.3 Å². The van der Waals surface area contributed by atoms with Crippen molar-refractivity contribution in [2.24, 2.45) is 5.84 Å². The summed E-state index contributed by atoms with van der Waals surface area (Å²) in [4.78, 5) is 13.7. The molecule has 0 aromatic heterocycles. The van der Waals surface area contributed by atoms with Crippen LogP contribution in [0.3, 0.4) is 0 Å². The molecule has 0 spiro atoms. The molecule has 0 bridgehead atoms. The van der Waals surface area contributed by atoms with E-state index in [1.807, 2.05) is 12.1 Å². The predicted octanol–water partition coefficient (Wildman–Crippen LogP) is 3.13. The van der Waals surface area contributed by atoms with Crippen LogP contribution in [0.25, 0.3) is 0 Å². The van der Waals surface area contributed by atoms with Gasteiger partial charge in [-0.15, -0.1) is 0 Å². The van der Waals surface area contributed by atoms with E-state index in [0.29, 0.717) is 16.3 Å². The summed E-state index contributed by atoms with van der Waals surface area (Å²) in [6, 6.07) is 11.4. The molecule has 2 aromatic rings. The summed E-state index contributed by atoms with van der Waals surface area (Å²) >= 11 is 6.05. The molecule has 1 saturated heterocycles. The lowest BCUT2D eigenvalue weighted by Crippen LogP contribution is -2.38. The summed E-state index contributed by atoms with van der Waals surface area (Å²) in [5.74, 6) is 4.84. The lowest BCUT2D eigenvalue weighted by Gasteiger charge is -2.34. The van der Waals surface area contributed by atoms with Gasteiger partial charge in [0, 0.05) is 43.2 Å². The van der Waals surface area contributed by atoms with E-state index in [1.165, 1.54) is 18.2 Å². The number of nitrogens with zero attached hydrogens (tertiary/aromatic N) is 1. The molecule has 1 amide bonds. The maximum atomic E-state index is 13.3. The van der Waals surface area contributed by atoms with Gasteiger partial charge in [-0.25, -0.2) is 10.2 Å². The van der Waals surface area contributed by atoms with Crippen molar-refractivity contribution in [3.05, 3.63) is 58.9 Å². The Morgan fingerprint density at radius 3 is 2.52 bits per heavy atom. The molecule has 1 aliphatic heterocycles. The van der Waals surface area contributed by atoms with Crippen molar-refractivity contribution in [3.63, 3.8) is 0 Å². The van der Waals surface area contributed by atoms with E-state index < -0.39 is 0 Å². The zero-order valence-electron chi connectivity index (χ0n) is 13.5. The molecule has 1 heterocycles. The van der Waals surface area contributed by atoms with Gasteiger partial charge in [-0.3, -0.25) is 10.2 Å².